The second-order valence-corrected chi connectivity index (χ2v) is 3.63. The summed E-state index contributed by atoms with van der Waals surface area (Å²) in [7, 11) is 2.04. The normalized spacial score (nSPS) is 10.8. The Bertz CT molecular complexity index is 507. The van der Waals surface area contributed by atoms with Gasteiger partial charge in [0.25, 0.3) is 0 Å². The molecule has 0 saturated carbocycles. The average Bonchev–Trinajstić information content (AvgIpc) is 2.45. The zero-order chi connectivity index (χ0) is 10.3. The third-order valence-electron chi connectivity index (χ3n) is 2.66. The van der Waals surface area contributed by atoms with E-state index in [1.54, 1.807) is 0 Å². The highest BCUT2D eigenvalue weighted by Crippen LogP contribution is 2.21. The monoisotopic (exact) mass is 186 g/mol. The van der Waals surface area contributed by atoms with E-state index in [1.807, 2.05) is 20.0 Å². The number of benzene rings is 1. The Kier molecular flexibility index (Phi) is 1.92. The van der Waals surface area contributed by atoms with Gasteiger partial charge < -0.3 is 4.57 Å². The average molecular weight is 186 g/mol. The van der Waals surface area contributed by atoms with Gasteiger partial charge in [-0.3, -0.25) is 0 Å². The molecular weight excluding hydrogens is 172 g/mol. The van der Waals surface area contributed by atoms with Crippen LogP contribution >= 0.6 is 0 Å². The van der Waals surface area contributed by atoms with Crippen LogP contribution in [-0.2, 0) is 7.05 Å². The first kappa shape index (κ1) is 9.00. The van der Waals surface area contributed by atoms with Crippen molar-refractivity contribution in [3.05, 3.63) is 35.7 Å². The molecule has 0 unspecified atom stereocenters. The second kappa shape index (κ2) is 2.98. The lowest BCUT2D eigenvalue weighted by atomic mass is 10.1. The summed E-state index contributed by atoms with van der Waals surface area (Å²) < 4.78 is 2.11. The first-order chi connectivity index (χ1) is 6.63. The van der Waals surface area contributed by atoms with Crippen LogP contribution in [0.15, 0.2) is 18.7 Å². The Balaban J connectivity index is 2.90. The lowest BCUT2D eigenvalue weighted by molar-refractivity contribution is 0.886. The van der Waals surface area contributed by atoms with Crippen molar-refractivity contribution in [3.8, 4) is 0 Å². The van der Waals surface area contributed by atoms with Crippen LogP contribution in [0.5, 0.6) is 0 Å². The van der Waals surface area contributed by atoms with E-state index < -0.39 is 0 Å². The van der Waals surface area contributed by atoms with E-state index >= 15 is 0 Å². The molecule has 1 aromatic carbocycles. The fraction of sp³-hybridized carbons (Fsp3) is 0.250. The molecule has 0 bridgehead atoms. The first-order valence-electron chi connectivity index (χ1n) is 4.69. The lowest BCUT2D eigenvalue weighted by Gasteiger charge is -2.00. The Hall–Kier alpha value is -1.57. The summed E-state index contributed by atoms with van der Waals surface area (Å²) in [6.45, 7) is 7.89. The van der Waals surface area contributed by atoms with Crippen molar-refractivity contribution < 1.29 is 0 Å². The van der Waals surface area contributed by atoms with Crippen LogP contribution in [-0.4, -0.2) is 9.55 Å². The zero-order valence-corrected chi connectivity index (χ0v) is 8.83. The number of aromatic nitrogens is 2. The summed E-state index contributed by atoms with van der Waals surface area (Å²) in [6, 6.07) is 4.23. The van der Waals surface area contributed by atoms with Crippen molar-refractivity contribution in [3.63, 3.8) is 0 Å². The Labute approximate surface area is 83.9 Å². The quantitative estimate of drug-likeness (QED) is 0.669. The molecule has 0 aliphatic carbocycles. The van der Waals surface area contributed by atoms with E-state index in [0.29, 0.717) is 0 Å². The topological polar surface area (TPSA) is 17.8 Å². The highest BCUT2D eigenvalue weighted by Gasteiger charge is 2.06. The van der Waals surface area contributed by atoms with Crippen LogP contribution in [0.1, 0.15) is 17.0 Å². The third kappa shape index (κ3) is 1.15. The molecule has 2 aromatic rings. The molecule has 2 heteroatoms. The van der Waals surface area contributed by atoms with Gasteiger partial charge in [0.1, 0.15) is 5.82 Å². The standard InChI is InChI=1S/C12H14N2/c1-5-10-6-8(2)12-11(7-10)14(4)9(3)13-12/h5-7H,1H2,2-4H3. The molecule has 2 nitrogen and oxygen atoms in total. The van der Waals surface area contributed by atoms with E-state index in [0.717, 1.165) is 16.9 Å². The van der Waals surface area contributed by atoms with Crippen LogP contribution in [0, 0.1) is 13.8 Å². The minimum Gasteiger partial charge on any atom is -0.331 e. The second-order valence-electron chi connectivity index (χ2n) is 3.63. The van der Waals surface area contributed by atoms with Crippen molar-refractivity contribution >= 4 is 17.1 Å². The summed E-state index contributed by atoms with van der Waals surface area (Å²) in [5.41, 5.74) is 4.63. The highest BCUT2D eigenvalue weighted by molar-refractivity contribution is 5.82. The maximum Gasteiger partial charge on any atom is 0.106 e. The van der Waals surface area contributed by atoms with Gasteiger partial charge in [0.2, 0.25) is 0 Å². The van der Waals surface area contributed by atoms with Crippen LogP contribution in [0.3, 0.4) is 0 Å². The Morgan fingerprint density at radius 1 is 1.36 bits per heavy atom. The van der Waals surface area contributed by atoms with E-state index in [1.165, 1.54) is 11.1 Å². The molecule has 0 fully saturated rings. The number of rotatable bonds is 1. The third-order valence-corrected chi connectivity index (χ3v) is 2.66. The van der Waals surface area contributed by atoms with Crippen molar-refractivity contribution in [2.45, 2.75) is 13.8 Å². The predicted octanol–water partition coefficient (Wildman–Crippen LogP) is 2.83. The molecule has 0 spiro atoms. The molecule has 0 aliphatic heterocycles. The molecule has 1 heterocycles. The van der Waals surface area contributed by atoms with Gasteiger partial charge in [0.15, 0.2) is 0 Å². The molecule has 14 heavy (non-hydrogen) atoms. The van der Waals surface area contributed by atoms with Crippen molar-refractivity contribution in [1.82, 2.24) is 9.55 Å². The summed E-state index contributed by atoms with van der Waals surface area (Å²) in [4.78, 5) is 4.52. The SMILES string of the molecule is C=Cc1cc(C)c2nc(C)n(C)c2c1. The number of imidazole rings is 1. The number of hydrogen-bond donors (Lipinski definition) is 0. The molecule has 1 aromatic heterocycles. The Morgan fingerprint density at radius 2 is 2.07 bits per heavy atom. The molecule has 72 valence electrons. The first-order valence-corrected chi connectivity index (χ1v) is 4.69. The van der Waals surface area contributed by atoms with Gasteiger partial charge >= 0.3 is 0 Å². The molecule has 0 saturated heterocycles. The van der Waals surface area contributed by atoms with E-state index in [9.17, 15) is 0 Å². The molecule has 2 rings (SSSR count). The van der Waals surface area contributed by atoms with Crippen LogP contribution in [0.2, 0.25) is 0 Å². The zero-order valence-electron chi connectivity index (χ0n) is 8.83. The fourth-order valence-corrected chi connectivity index (χ4v) is 1.72. The largest absolute Gasteiger partial charge is 0.331 e. The van der Waals surface area contributed by atoms with Crippen molar-refractivity contribution in [2.75, 3.05) is 0 Å². The lowest BCUT2D eigenvalue weighted by Crippen LogP contribution is -1.90. The van der Waals surface area contributed by atoms with Gasteiger partial charge in [0, 0.05) is 7.05 Å². The van der Waals surface area contributed by atoms with Crippen LogP contribution < -0.4 is 0 Å². The Morgan fingerprint density at radius 3 is 2.71 bits per heavy atom. The number of fused-ring (bicyclic) bond motifs is 1. The number of aryl methyl sites for hydroxylation is 3. The highest BCUT2D eigenvalue weighted by atomic mass is 15.0. The van der Waals surface area contributed by atoms with E-state index in [4.69, 9.17) is 0 Å². The summed E-state index contributed by atoms with van der Waals surface area (Å²) in [5.74, 6) is 1.05. The summed E-state index contributed by atoms with van der Waals surface area (Å²) >= 11 is 0. The number of hydrogen-bond acceptors (Lipinski definition) is 1. The minimum absolute atomic E-state index is 1.05. The smallest absolute Gasteiger partial charge is 0.106 e. The van der Waals surface area contributed by atoms with Crippen LogP contribution in [0.4, 0.5) is 0 Å². The number of nitrogens with zero attached hydrogens (tertiary/aromatic N) is 2. The van der Waals surface area contributed by atoms with Crippen molar-refractivity contribution in [1.29, 1.82) is 0 Å². The molecule has 0 radical (unpaired) electrons. The van der Waals surface area contributed by atoms with Gasteiger partial charge in [-0.05, 0) is 37.1 Å². The predicted molar refractivity (Wildman–Crippen MR) is 60.3 cm³/mol. The maximum atomic E-state index is 4.52. The summed E-state index contributed by atoms with van der Waals surface area (Å²) in [6.07, 6.45) is 1.87. The van der Waals surface area contributed by atoms with Gasteiger partial charge in [-0.1, -0.05) is 12.7 Å². The molecule has 0 aliphatic rings. The summed E-state index contributed by atoms with van der Waals surface area (Å²) in [5, 5.41) is 0. The van der Waals surface area contributed by atoms with Gasteiger partial charge in [-0.25, -0.2) is 4.98 Å². The van der Waals surface area contributed by atoms with Crippen LogP contribution in [0.25, 0.3) is 17.1 Å². The van der Waals surface area contributed by atoms with Gasteiger partial charge in [-0.2, -0.15) is 0 Å². The fourth-order valence-electron chi connectivity index (χ4n) is 1.72. The molecular formula is C12H14N2. The molecule has 0 atom stereocenters. The van der Waals surface area contributed by atoms with Gasteiger partial charge in [0.05, 0.1) is 11.0 Å². The van der Waals surface area contributed by atoms with E-state index in [-0.39, 0.29) is 0 Å². The maximum absolute atomic E-state index is 4.52. The molecule has 0 amide bonds. The van der Waals surface area contributed by atoms with Crippen molar-refractivity contribution in [2.24, 2.45) is 7.05 Å². The van der Waals surface area contributed by atoms with Gasteiger partial charge in [-0.15, -0.1) is 0 Å². The van der Waals surface area contributed by atoms with E-state index in [2.05, 4.69) is 35.2 Å². The minimum atomic E-state index is 1.05. The molecule has 0 N–H and O–H groups in total.